The van der Waals surface area contributed by atoms with Crippen LogP contribution < -0.4 is 0 Å². The third-order valence-electron chi connectivity index (χ3n) is 1.76. The van der Waals surface area contributed by atoms with Crippen LogP contribution in [0.5, 0.6) is 0 Å². The van der Waals surface area contributed by atoms with E-state index in [9.17, 15) is 9.18 Å². The molecule has 0 aromatic rings. The fourth-order valence-electron chi connectivity index (χ4n) is 0.723. The van der Waals surface area contributed by atoms with Gasteiger partial charge >= 0.3 is 0 Å². The van der Waals surface area contributed by atoms with E-state index >= 15 is 0 Å². The fourth-order valence-corrected chi connectivity index (χ4v) is 0.723. The van der Waals surface area contributed by atoms with Crippen molar-refractivity contribution in [2.45, 2.75) is 6.92 Å². The van der Waals surface area contributed by atoms with Crippen LogP contribution in [0.25, 0.3) is 0 Å². The number of carbonyl (C=O) groups excluding carboxylic acids is 1. The van der Waals surface area contributed by atoms with Gasteiger partial charge in [0.05, 0.1) is 13.2 Å². The summed E-state index contributed by atoms with van der Waals surface area (Å²) in [6.07, 6.45) is 0. The first-order valence-corrected chi connectivity index (χ1v) is 2.86. The Bertz CT molecular complexity index is 124. The molecule has 0 saturated carbocycles. The highest BCUT2D eigenvalue weighted by Gasteiger charge is 2.43. The lowest BCUT2D eigenvalue weighted by atomic mass is 9.84. The lowest BCUT2D eigenvalue weighted by Crippen LogP contribution is -2.49. The molecule has 0 aliphatic carbocycles. The zero-order chi connectivity index (χ0) is 6.91. The lowest BCUT2D eigenvalue weighted by molar-refractivity contribution is -0.160. The fraction of sp³-hybridized carbons (Fsp3) is 0.833. The summed E-state index contributed by atoms with van der Waals surface area (Å²) in [6.45, 7) is 1.35. The average Bonchev–Trinajstić information content (AvgIpc) is 1.62. The molecule has 0 atom stereocenters. The van der Waals surface area contributed by atoms with Crippen molar-refractivity contribution in [3.8, 4) is 0 Å². The SMILES string of the molecule is CC(=O)C1(CF)COC1. The molecule has 3 heteroatoms. The number of rotatable bonds is 2. The van der Waals surface area contributed by atoms with Gasteiger partial charge in [-0.15, -0.1) is 0 Å². The number of Topliss-reactive ketones (excluding diaryl/α,β-unsaturated/α-hetero) is 1. The van der Waals surface area contributed by atoms with Gasteiger partial charge in [0.25, 0.3) is 0 Å². The molecular formula is C6H9FO2. The Labute approximate surface area is 53.0 Å². The van der Waals surface area contributed by atoms with Crippen LogP contribution in [0.4, 0.5) is 4.39 Å². The van der Waals surface area contributed by atoms with E-state index in [1.54, 1.807) is 0 Å². The van der Waals surface area contributed by atoms with Crippen LogP contribution in [0.1, 0.15) is 6.92 Å². The van der Waals surface area contributed by atoms with E-state index in [1.807, 2.05) is 0 Å². The van der Waals surface area contributed by atoms with Gasteiger partial charge in [-0.05, 0) is 6.92 Å². The van der Waals surface area contributed by atoms with Crippen molar-refractivity contribution >= 4 is 5.78 Å². The maximum absolute atomic E-state index is 12.0. The molecule has 9 heavy (non-hydrogen) atoms. The Morgan fingerprint density at radius 3 is 2.33 bits per heavy atom. The Morgan fingerprint density at radius 2 is 2.33 bits per heavy atom. The number of hydrogen-bond donors (Lipinski definition) is 0. The molecule has 0 aromatic carbocycles. The molecule has 1 heterocycles. The second-order valence-corrected chi connectivity index (χ2v) is 2.46. The largest absolute Gasteiger partial charge is 0.379 e. The van der Waals surface area contributed by atoms with E-state index < -0.39 is 12.1 Å². The highest BCUT2D eigenvalue weighted by atomic mass is 19.1. The molecular weight excluding hydrogens is 123 g/mol. The Balaban J connectivity index is 2.57. The second kappa shape index (κ2) is 2.06. The standard InChI is InChI=1S/C6H9FO2/c1-5(8)6(2-7)3-9-4-6/h2-4H2,1H3. The molecule has 0 bridgehead atoms. The Kier molecular flexibility index (Phi) is 1.53. The predicted octanol–water partition coefficient (Wildman–Crippen LogP) is 0.561. The molecule has 0 unspecified atom stereocenters. The summed E-state index contributed by atoms with van der Waals surface area (Å²) in [5.74, 6) is -0.101. The van der Waals surface area contributed by atoms with Crippen molar-refractivity contribution in [2.75, 3.05) is 19.9 Å². The lowest BCUT2D eigenvalue weighted by Gasteiger charge is -2.36. The third-order valence-corrected chi connectivity index (χ3v) is 1.76. The Morgan fingerprint density at radius 1 is 1.78 bits per heavy atom. The van der Waals surface area contributed by atoms with Crippen molar-refractivity contribution in [1.82, 2.24) is 0 Å². The molecule has 1 fully saturated rings. The highest BCUT2D eigenvalue weighted by Crippen LogP contribution is 2.28. The van der Waals surface area contributed by atoms with Gasteiger partial charge < -0.3 is 4.74 Å². The van der Waals surface area contributed by atoms with E-state index in [4.69, 9.17) is 4.74 Å². The zero-order valence-corrected chi connectivity index (χ0v) is 5.32. The van der Waals surface area contributed by atoms with Crippen molar-refractivity contribution in [2.24, 2.45) is 5.41 Å². The summed E-state index contributed by atoms with van der Waals surface area (Å²) in [5, 5.41) is 0. The summed E-state index contributed by atoms with van der Waals surface area (Å²) < 4.78 is 16.8. The number of carbonyl (C=O) groups is 1. The third kappa shape index (κ3) is 0.852. The number of ketones is 1. The summed E-state index contributed by atoms with van der Waals surface area (Å²) in [6, 6.07) is 0. The second-order valence-electron chi connectivity index (χ2n) is 2.46. The van der Waals surface area contributed by atoms with Crippen molar-refractivity contribution < 1.29 is 13.9 Å². The molecule has 2 nitrogen and oxygen atoms in total. The van der Waals surface area contributed by atoms with E-state index in [1.165, 1.54) is 6.92 Å². The summed E-state index contributed by atoms with van der Waals surface area (Å²) in [7, 11) is 0. The molecule has 52 valence electrons. The highest BCUT2D eigenvalue weighted by molar-refractivity contribution is 5.83. The normalized spacial score (nSPS) is 22.9. The average molecular weight is 132 g/mol. The molecule has 0 amide bonds. The van der Waals surface area contributed by atoms with E-state index in [0.717, 1.165) is 0 Å². The molecule has 0 aromatic heterocycles. The van der Waals surface area contributed by atoms with E-state index in [2.05, 4.69) is 0 Å². The van der Waals surface area contributed by atoms with Crippen LogP contribution in [0.3, 0.4) is 0 Å². The maximum Gasteiger partial charge on any atom is 0.143 e. The van der Waals surface area contributed by atoms with Crippen LogP contribution in [-0.2, 0) is 9.53 Å². The maximum atomic E-state index is 12.0. The smallest absolute Gasteiger partial charge is 0.143 e. The zero-order valence-electron chi connectivity index (χ0n) is 5.32. The topological polar surface area (TPSA) is 26.3 Å². The van der Waals surface area contributed by atoms with Gasteiger partial charge in [0.15, 0.2) is 0 Å². The van der Waals surface area contributed by atoms with Gasteiger partial charge in [0.1, 0.15) is 17.9 Å². The Hall–Kier alpha value is -0.440. The first-order valence-electron chi connectivity index (χ1n) is 2.86. The molecule has 0 N–H and O–H groups in total. The quantitative estimate of drug-likeness (QED) is 0.548. The summed E-state index contributed by atoms with van der Waals surface area (Å²) >= 11 is 0. The van der Waals surface area contributed by atoms with Crippen LogP contribution in [0.2, 0.25) is 0 Å². The molecule has 1 saturated heterocycles. The summed E-state index contributed by atoms with van der Waals surface area (Å²) in [4.78, 5) is 10.7. The minimum Gasteiger partial charge on any atom is -0.379 e. The molecule has 0 radical (unpaired) electrons. The van der Waals surface area contributed by atoms with Crippen LogP contribution in [-0.4, -0.2) is 25.7 Å². The van der Waals surface area contributed by atoms with Gasteiger partial charge in [-0.3, -0.25) is 4.79 Å². The van der Waals surface area contributed by atoms with Crippen LogP contribution in [0.15, 0.2) is 0 Å². The number of halogens is 1. The van der Waals surface area contributed by atoms with Crippen molar-refractivity contribution in [3.05, 3.63) is 0 Å². The van der Waals surface area contributed by atoms with E-state index in [-0.39, 0.29) is 19.0 Å². The van der Waals surface area contributed by atoms with Gasteiger partial charge in [-0.25, -0.2) is 4.39 Å². The van der Waals surface area contributed by atoms with Crippen LogP contribution >= 0.6 is 0 Å². The molecule has 1 rings (SSSR count). The van der Waals surface area contributed by atoms with Gasteiger partial charge in [-0.1, -0.05) is 0 Å². The van der Waals surface area contributed by atoms with Gasteiger partial charge in [-0.2, -0.15) is 0 Å². The summed E-state index contributed by atoms with van der Waals surface area (Å²) in [5.41, 5.74) is -0.764. The monoisotopic (exact) mass is 132 g/mol. The van der Waals surface area contributed by atoms with Crippen LogP contribution in [0, 0.1) is 5.41 Å². The van der Waals surface area contributed by atoms with Gasteiger partial charge in [0, 0.05) is 0 Å². The van der Waals surface area contributed by atoms with Crippen molar-refractivity contribution in [3.63, 3.8) is 0 Å². The van der Waals surface area contributed by atoms with Gasteiger partial charge in [0.2, 0.25) is 0 Å². The molecule has 1 aliphatic rings. The molecule has 1 aliphatic heterocycles. The minimum atomic E-state index is -0.764. The number of hydrogen-bond acceptors (Lipinski definition) is 2. The predicted molar refractivity (Wildman–Crippen MR) is 29.9 cm³/mol. The molecule has 0 spiro atoms. The minimum absolute atomic E-state index is 0.101. The number of alkyl halides is 1. The van der Waals surface area contributed by atoms with E-state index in [0.29, 0.717) is 0 Å². The first-order chi connectivity index (χ1) is 4.21. The number of ether oxygens (including phenoxy) is 1. The first kappa shape index (κ1) is 6.68. The van der Waals surface area contributed by atoms with Crippen molar-refractivity contribution in [1.29, 1.82) is 0 Å².